The van der Waals surface area contributed by atoms with E-state index in [1.165, 1.54) is 0 Å². The van der Waals surface area contributed by atoms with Gasteiger partial charge in [-0.15, -0.1) is 0 Å². The van der Waals surface area contributed by atoms with Gasteiger partial charge >= 0.3 is 0 Å². The molecule has 0 fully saturated rings. The summed E-state index contributed by atoms with van der Waals surface area (Å²) in [6.45, 7) is 4.83. The normalized spacial score (nSPS) is 12.2. The van der Waals surface area contributed by atoms with Crippen LogP contribution in [0.3, 0.4) is 0 Å². The number of nitriles is 1. The molecule has 0 bridgehead atoms. The maximum absolute atomic E-state index is 9.04. The Balaban J connectivity index is 2.10. The van der Waals surface area contributed by atoms with Crippen LogP contribution < -0.4 is 5.32 Å². The molecule has 0 saturated heterocycles. The van der Waals surface area contributed by atoms with Crippen molar-refractivity contribution >= 4 is 11.6 Å². The Kier molecular flexibility index (Phi) is 4.49. The van der Waals surface area contributed by atoms with Gasteiger partial charge in [-0.3, -0.25) is 0 Å². The van der Waals surface area contributed by atoms with Crippen LogP contribution >= 0.6 is 11.6 Å². The third-order valence-corrected chi connectivity index (χ3v) is 4.07. The van der Waals surface area contributed by atoms with Crippen LogP contribution in [0.15, 0.2) is 30.3 Å². The second-order valence-electron chi connectivity index (χ2n) is 4.94. The first kappa shape index (κ1) is 14.6. The second kappa shape index (κ2) is 6.13. The largest absolute Gasteiger partial charge is 0.340 e. The summed E-state index contributed by atoms with van der Waals surface area (Å²) in [5.74, 6) is 0. The van der Waals surface area contributed by atoms with Crippen molar-refractivity contribution in [2.75, 3.05) is 0 Å². The van der Waals surface area contributed by atoms with Gasteiger partial charge in [0.25, 0.3) is 0 Å². The summed E-state index contributed by atoms with van der Waals surface area (Å²) in [5, 5.41) is 13.3. The van der Waals surface area contributed by atoms with Crippen LogP contribution in [0, 0.1) is 18.3 Å². The predicted molar refractivity (Wildman–Crippen MR) is 81.6 cm³/mol. The molecule has 3 nitrogen and oxygen atoms in total. The first-order valence-corrected chi connectivity index (χ1v) is 6.95. The molecule has 0 aliphatic rings. The van der Waals surface area contributed by atoms with Crippen molar-refractivity contribution in [1.29, 1.82) is 5.26 Å². The maximum atomic E-state index is 9.04. The third kappa shape index (κ3) is 2.87. The Morgan fingerprint density at radius 3 is 2.70 bits per heavy atom. The minimum Gasteiger partial charge on any atom is -0.340 e. The number of nitrogens with zero attached hydrogens (tertiary/aromatic N) is 2. The van der Waals surface area contributed by atoms with Gasteiger partial charge in [-0.1, -0.05) is 29.8 Å². The van der Waals surface area contributed by atoms with Crippen LogP contribution in [0.4, 0.5) is 0 Å². The zero-order valence-corrected chi connectivity index (χ0v) is 12.7. The number of rotatable bonds is 4. The first-order chi connectivity index (χ1) is 9.54. The molecule has 104 valence electrons. The monoisotopic (exact) mass is 287 g/mol. The fraction of sp³-hybridized carbons (Fsp3) is 0.312. The summed E-state index contributed by atoms with van der Waals surface area (Å²) >= 11 is 6.20. The van der Waals surface area contributed by atoms with Crippen LogP contribution in [0.1, 0.15) is 35.5 Å². The minimum atomic E-state index is 0.161. The Hall–Kier alpha value is -1.76. The molecular formula is C16H18ClN3. The number of nitrogens with one attached hydrogen (secondary N) is 1. The molecule has 1 heterocycles. The van der Waals surface area contributed by atoms with Crippen LogP contribution in [0.5, 0.6) is 0 Å². The molecule has 2 aromatic rings. The molecule has 1 N–H and O–H groups in total. The summed E-state index contributed by atoms with van der Waals surface area (Å²) in [7, 11) is 1.91. The van der Waals surface area contributed by atoms with E-state index in [2.05, 4.69) is 18.3 Å². The molecule has 2 rings (SSSR count). The van der Waals surface area contributed by atoms with Crippen LogP contribution in [-0.4, -0.2) is 4.57 Å². The zero-order valence-electron chi connectivity index (χ0n) is 11.9. The van der Waals surface area contributed by atoms with Crippen LogP contribution in [0.2, 0.25) is 5.02 Å². The zero-order chi connectivity index (χ0) is 14.7. The molecule has 0 radical (unpaired) electrons. The summed E-state index contributed by atoms with van der Waals surface area (Å²) < 4.78 is 1.91. The van der Waals surface area contributed by atoms with Gasteiger partial charge in [0.05, 0.1) is 0 Å². The fourth-order valence-electron chi connectivity index (χ4n) is 2.25. The standard InChI is InChI=1S/C16H18ClN3/c1-11(15-6-4-5-7-16(15)17)19-10-13-8-14(9-18)20(3)12(13)2/h4-8,11,19H,10H2,1-3H3/t11-/m1/s1. The summed E-state index contributed by atoms with van der Waals surface area (Å²) in [6.07, 6.45) is 0. The number of hydrogen-bond donors (Lipinski definition) is 1. The summed E-state index contributed by atoms with van der Waals surface area (Å²) in [5.41, 5.74) is 4.02. The van der Waals surface area contributed by atoms with Crippen molar-refractivity contribution in [2.24, 2.45) is 7.05 Å². The van der Waals surface area contributed by atoms with Gasteiger partial charge in [0.15, 0.2) is 0 Å². The fourth-order valence-corrected chi connectivity index (χ4v) is 2.55. The lowest BCUT2D eigenvalue weighted by atomic mass is 10.1. The van der Waals surface area contributed by atoms with E-state index in [1.807, 2.05) is 48.9 Å². The van der Waals surface area contributed by atoms with E-state index in [0.717, 1.165) is 21.8 Å². The van der Waals surface area contributed by atoms with Gasteiger partial charge in [0.2, 0.25) is 0 Å². The van der Waals surface area contributed by atoms with Gasteiger partial charge in [-0.05, 0) is 37.1 Å². The predicted octanol–water partition coefficient (Wildman–Crippen LogP) is 3.71. The van der Waals surface area contributed by atoms with E-state index >= 15 is 0 Å². The van der Waals surface area contributed by atoms with Gasteiger partial charge in [-0.25, -0.2) is 0 Å². The quantitative estimate of drug-likeness (QED) is 0.931. The molecule has 4 heteroatoms. The molecule has 1 atom stereocenters. The van der Waals surface area contributed by atoms with Crippen LogP contribution in [-0.2, 0) is 13.6 Å². The molecule has 1 aromatic heterocycles. The highest BCUT2D eigenvalue weighted by Gasteiger charge is 2.12. The summed E-state index contributed by atoms with van der Waals surface area (Å²) in [4.78, 5) is 0. The number of aromatic nitrogens is 1. The lowest BCUT2D eigenvalue weighted by molar-refractivity contribution is 0.573. The van der Waals surface area contributed by atoms with E-state index in [0.29, 0.717) is 12.2 Å². The molecular weight excluding hydrogens is 270 g/mol. The van der Waals surface area contributed by atoms with Crippen molar-refractivity contribution in [1.82, 2.24) is 9.88 Å². The van der Waals surface area contributed by atoms with Gasteiger partial charge in [-0.2, -0.15) is 5.26 Å². The number of benzene rings is 1. The maximum Gasteiger partial charge on any atom is 0.120 e. The van der Waals surface area contributed by atoms with E-state index in [4.69, 9.17) is 16.9 Å². The third-order valence-electron chi connectivity index (χ3n) is 3.73. The Morgan fingerprint density at radius 1 is 1.40 bits per heavy atom. The average molecular weight is 288 g/mol. The molecule has 20 heavy (non-hydrogen) atoms. The molecule has 0 spiro atoms. The summed E-state index contributed by atoms with van der Waals surface area (Å²) in [6, 6.07) is 12.1. The SMILES string of the molecule is Cc1c(CN[C@H](C)c2ccccc2Cl)cc(C#N)n1C. The Labute approximate surface area is 124 Å². The molecule has 0 aliphatic heterocycles. The van der Waals surface area contributed by atoms with Crippen molar-refractivity contribution in [3.63, 3.8) is 0 Å². The van der Waals surface area contributed by atoms with Crippen LogP contribution in [0.25, 0.3) is 0 Å². The topological polar surface area (TPSA) is 40.8 Å². The molecule has 0 saturated carbocycles. The average Bonchev–Trinajstić information content (AvgIpc) is 2.72. The van der Waals surface area contributed by atoms with Gasteiger partial charge < -0.3 is 9.88 Å². The molecule has 0 unspecified atom stereocenters. The smallest absolute Gasteiger partial charge is 0.120 e. The number of hydrogen-bond acceptors (Lipinski definition) is 2. The van der Waals surface area contributed by atoms with Gasteiger partial charge in [0, 0.05) is 30.4 Å². The highest BCUT2D eigenvalue weighted by atomic mass is 35.5. The van der Waals surface area contributed by atoms with Crippen molar-refractivity contribution < 1.29 is 0 Å². The lowest BCUT2D eigenvalue weighted by Crippen LogP contribution is -2.18. The highest BCUT2D eigenvalue weighted by molar-refractivity contribution is 6.31. The van der Waals surface area contributed by atoms with E-state index in [1.54, 1.807) is 0 Å². The molecule has 1 aromatic carbocycles. The molecule has 0 aliphatic carbocycles. The van der Waals surface area contributed by atoms with Crippen molar-refractivity contribution in [3.8, 4) is 6.07 Å². The highest BCUT2D eigenvalue weighted by Crippen LogP contribution is 2.23. The Bertz CT molecular complexity index is 652. The number of halogens is 1. The van der Waals surface area contributed by atoms with Gasteiger partial charge in [0.1, 0.15) is 11.8 Å². The lowest BCUT2D eigenvalue weighted by Gasteiger charge is -2.15. The first-order valence-electron chi connectivity index (χ1n) is 6.57. The van der Waals surface area contributed by atoms with E-state index in [9.17, 15) is 0 Å². The van der Waals surface area contributed by atoms with Crippen molar-refractivity contribution in [2.45, 2.75) is 26.4 Å². The Morgan fingerprint density at radius 2 is 2.10 bits per heavy atom. The molecule has 0 amide bonds. The van der Waals surface area contributed by atoms with E-state index in [-0.39, 0.29) is 6.04 Å². The van der Waals surface area contributed by atoms with Crippen molar-refractivity contribution in [3.05, 3.63) is 57.9 Å². The second-order valence-corrected chi connectivity index (χ2v) is 5.34. The minimum absolute atomic E-state index is 0.161. The van der Waals surface area contributed by atoms with E-state index < -0.39 is 0 Å².